The monoisotopic (exact) mass is 493 g/mol. The zero-order valence-electron chi connectivity index (χ0n) is 21.2. The van der Waals surface area contributed by atoms with Crippen LogP contribution < -0.4 is 5.32 Å². The number of ketones is 1. The van der Waals surface area contributed by atoms with E-state index in [-0.39, 0.29) is 24.1 Å². The number of aromatic nitrogens is 2. The van der Waals surface area contributed by atoms with Crippen LogP contribution in [0, 0.1) is 0 Å². The number of hydrogen-bond acceptors (Lipinski definition) is 7. The Hall–Kier alpha value is -2.78. The minimum Gasteiger partial charge on any atom is -0.373 e. The number of carbonyl (C=O) groups is 1. The van der Waals surface area contributed by atoms with Crippen molar-refractivity contribution in [1.29, 1.82) is 0 Å². The molecule has 8 heteroatoms. The maximum Gasteiger partial charge on any atom is 0.201 e. The first kappa shape index (κ1) is 24.9. The molecule has 1 aromatic heterocycles. The lowest BCUT2D eigenvalue weighted by atomic mass is 10.0. The van der Waals surface area contributed by atoms with E-state index in [4.69, 9.17) is 18.9 Å². The van der Waals surface area contributed by atoms with Gasteiger partial charge in [0.15, 0.2) is 17.9 Å². The molecule has 0 spiro atoms. The van der Waals surface area contributed by atoms with Gasteiger partial charge >= 0.3 is 0 Å². The van der Waals surface area contributed by atoms with Crippen molar-refractivity contribution >= 4 is 22.8 Å². The fourth-order valence-electron chi connectivity index (χ4n) is 4.85. The van der Waals surface area contributed by atoms with Crippen LogP contribution in [0.2, 0.25) is 0 Å². The molecule has 2 fully saturated rings. The summed E-state index contributed by atoms with van der Waals surface area (Å²) in [5.74, 6) is -0.0984. The second-order valence-electron chi connectivity index (χ2n) is 9.93. The third-order valence-electron chi connectivity index (χ3n) is 6.65. The summed E-state index contributed by atoms with van der Waals surface area (Å²) >= 11 is 0. The molecular weight excluding hydrogens is 458 g/mol. The molecule has 8 nitrogen and oxygen atoms in total. The van der Waals surface area contributed by atoms with E-state index in [0.717, 1.165) is 23.9 Å². The normalized spacial score (nSPS) is 24.8. The highest BCUT2D eigenvalue weighted by Gasteiger charge is 2.55. The Morgan fingerprint density at radius 1 is 1.08 bits per heavy atom. The topological polar surface area (TPSA) is 94.7 Å². The summed E-state index contributed by atoms with van der Waals surface area (Å²) in [6.45, 7) is 7.14. The van der Waals surface area contributed by atoms with Crippen LogP contribution in [0.15, 0.2) is 48.5 Å². The first-order chi connectivity index (χ1) is 17.4. The Morgan fingerprint density at radius 3 is 2.72 bits per heavy atom. The van der Waals surface area contributed by atoms with Crippen LogP contribution in [-0.2, 0) is 18.9 Å². The SMILES string of the molecule is CCCCCCO[C@H]1[C@H]2OC(C)(C)O[C@H]2O[C@@H]1CNc1nc2ccc(C(=O)c3ccccc3)cc2[nH]1. The summed E-state index contributed by atoms with van der Waals surface area (Å²) in [5.41, 5.74) is 2.85. The number of ether oxygens (including phenoxy) is 4. The van der Waals surface area contributed by atoms with Gasteiger partial charge in [0.2, 0.25) is 5.95 Å². The molecule has 0 saturated carbocycles. The highest BCUT2D eigenvalue weighted by molar-refractivity contribution is 6.10. The average Bonchev–Trinajstić information content (AvgIpc) is 3.51. The maximum atomic E-state index is 12.8. The quantitative estimate of drug-likeness (QED) is 0.285. The first-order valence-electron chi connectivity index (χ1n) is 12.9. The Kier molecular flexibility index (Phi) is 7.39. The number of nitrogens with zero attached hydrogens (tertiary/aromatic N) is 1. The number of anilines is 1. The number of unbranched alkanes of at least 4 members (excludes halogenated alkanes) is 3. The fraction of sp³-hybridized carbons (Fsp3) is 0.500. The van der Waals surface area contributed by atoms with Gasteiger partial charge in [0.05, 0.1) is 11.0 Å². The van der Waals surface area contributed by atoms with Gasteiger partial charge in [-0.15, -0.1) is 0 Å². The number of imidazole rings is 1. The molecule has 0 bridgehead atoms. The van der Waals surface area contributed by atoms with Gasteiger partial charge in [-0.3, -0.25) is 4.79 Å². The summed E-state index contributed by atoms with van der Waals surface area (Å²) in [5, 5.41) is 3.34. The fourth-order valence-corrected chi connectivity index (χ4v) is 4.85. The molecule has 2 aliphatic heterocycles. The summed E-state index contributed by atoms with van der Waals surface area (Å²) in [6.07, 6.45) is 3.37. The van der Waals surface area contributed by atoms with Crippen molar-refractivity contribution < 1.29 is 23.7 Å². The minimum absolute atomic E-state index is 0.0191. The van der Waals surface area contributed by atoms with Crippen LogP contribution in [0.3, 0.4) is 0 Å². The van der Waals surface area contributed by atoms with Gasteiger partial charge in [0.25, 0.3) is 0 Å². The molecule has 192 valence electrons. The van der Waals surface area contributed by atoms with Gasteiger partial charge < -0.3 is 29.2 Å². The van der Waals surface area contributed by atoms with Gasteiger partial charge in [-0.25, -0.2) is 4.98 Å². The zero-order chi connectivity index (χ0) is 25.1. The molecule has 2 aliphatic rings. The van der Waals surface area contributed by atoms with Gasteiger partial charge in [-0.2, -0.15) is 0 Å². The number of aromatic amines is 1. The highest BCUT2D eigenvalue weighted by atomic mass is 16.8. The Balaban J connectivity index is 1.24. The van der Waals surface area contributed by atoms with Crippen LogP contribution in [0.1, 0.15) is 62.4 Å². The number of H-pyrrole nitrogens is 1. The van der Waals surface area contributed by atoms with Gasteiger partial charge in [0, 0.05) is 24.3 Å². The smallest absolute Gasteiger partial charge is 0.201 e. The van der Waals surface area contributed by atoms with E-state index in [0.29, 0.717) is 30.2 Å². The number of carbonyl (C=O) groups excluding carboxylic acids is 1. The van der Waals surface area contributed by atoms with Crippen LogP contribution in [0.4, 0.5) is 5.95 Å². The molecule has 0 amide bonds. The van der Waals surface area contributed by atoms with E-state index in [9.17, 15) is 4.79 Å². The molecule has 3 aromatic rings. The third-order valence-corrected chi connectivity index (χ3v) is 6.65. The number of rotatable bonds is 11. The molecule has 4 atom stereocenters. The summed E-state index contributed by atoms with van der Waals surface area (Å²) in [4.78, 5) is 20.7. The van der Waals surface area contributed by atoms with Crippen LogP contribution >= 0.6 is 0 Å². The maximum absolute atomic E-state index is 12.8. The van der Waals surface area contributed by atoms with Crippen molar-refractivity contribution in [2.45, 2.75) is 76.8 Å². The van der Waals surface area contributed by atoms with Crippen LogP contribution in [-0.4, -0.2) is 59.3 Å². The molecule has 2 aromatic carbocycles. The second kappa shape index (κ2) is 10.7. The number of benzene rings is 2. The molecule has 36 heavy (non-hydrogen) atoms. The van der Waals surface area contributed by atoms with Gasteiger partial charge in [-0.1, -0.05) is 56.5 Å². The molecule has 3 heterocycles. The molecule has 5 rings (SSSR count). The van der Waals surface area contributed by atoms with Crippen molar-refractivity contribution in [3.63, 3.8) is 0 Å². The van der Waals surface area contributed by atoms with Crippen molar-refractivity contribution in [2.75, 3.05) is 18.5 Å². The summed E-state index contributed by atoms with van der Waals surface area (Å²) < 4.78 is 24.5. The Morgan fingerprint density at radius 2 is 1.92 bits per heavy atom. The summed E-state index contributed by atoms with van der Waals surface area (Å²) in [6, 6.07) is 14.8. The van der Waals surface area contributed by atoms with E-state index < -0.39 is 12.1 Å². The van der Waals surface area contributed by atoms with Crippen molar-refractivity contribution in [3.05, 3.63) is 59.7 Å². The molecule has 2 N–H and O–H groups in total. The van der Waals surface area contributed by atoms with Crippen LogP contribution in [0.25, 0.3) is 11.0 Å². The van der Waals surface area contributed by atoms with Gasteiger partial charge in [0.1, 0.15) is 18.3 Å². The standard InChI is InChI=1S/C28H35N3O5/c1-4-5-6-10-15-33-24-22(34-26-25(24)35-28(2,3)36-26)17-29-27-30-20-14-13-19(16-21(20)31-27)23(32)18-11-8-7-9-12-18/h7-9,11-14,16,22,24-26H,4-6,10,15,17H2,1-3H3,(H2,29,30,31)/t22-,24-,25-,26-/m1/s1. The largest absolute Gasteiger partial charge is 0.373 e. The predicted molar refractivity (Wildman–Crippen MR) is 137 cm³/mol. The number of hydrogen-bond donors (Lipinski definition) is 2. The van der Waals surface area contributed by atoms with E-state index in [1.54, 1.807) is 0 Å². The van der Waals surface area contributed by atoms with Crippen molar-refractivity contribution in [2.24, 2.45) is 0 Å². The second-order valence-corrected chi connectivity index (χ2v) is 9.93. The van der Waals surface area contributed by atoms with Crippen LogP contribution in [0.5, 0.6) is 0 Å². The lowest BCUT2D eigenvalue weighted by Gasteiger charge is -2.26. The van der Waals surface area contributed by atoms with E-state index in [1.807, 2.05) is 62.4 Å². The molecule has 0 radical (unpaired) electrons. The lowest BCUT2D eigenvalue weighted by molar-refractivity contribution is -0.216. The Labute approximate surface area is 211 Å². The molecule has 0 aliphatic carbocycles. The summed E-state index contributed by atoms with van der Waals surface area (Å²) in [7, 11) is 0. The van der Waals surface area contributed by atoms with E-state index in [1.165, 1.54) is 12.8 Å². The molecular formula is C28H35N3O5. The predicted octanol–water partition coefficient (Wildman–Crippen LogP) is 5.05. The zero-order valence-corrected chi connectivity index (χ0v) is 21.2. The molecule has 2 saturated heterocycles. The number of fused-ring (bicyclic) bond motifs is 2. The lowest BCUT2D eigenvalue weighted by Crippen LogP contribution is -2.40. The minimum atomic E-state index is -0.689. The molecule has 0 unspecified atom stereocenters. The number of nitrogens with one attached hydrogen (secondary N) is 2. The third kappa shape index (κ3) is 5.47. The highest BCUT2D eigenvalue weighted by Crippen LogP contribution is 2.39. The first-order valence-corrected chi connectivity index (χ1v) is 12.9. The van der Waals surface area contributed by atoms with Crippen molar-refractivity contribution in [1.82, 2.24) is 9.97 Å². The van der Waals surface area contributed by atoms with E-state index in [2.05, 4.69) is 22.2 Å². The van der Waals surface area contributed by atoms with Gasteiger partial charge in [-0.05, 0) is 38.5 Å². The Bertz CT molecular complexity index is 1180. The van der Waals surface area contributed by atoms with Crippen molar-refractivity contribution in [3.8, 4) is 0 Å². The average molecular weight is 494 g/mol. The van der Waals surface area contributed by atoms with E-state index >= 15 is 0 Å².